The first-order valence-corrected chi connectivity index (χ1v) is 6.02. The van der Waals surface area contributed by atoms with Gasteiger partial charge >= 0.3 is 5.97 Å². The molecule has 1 aliphatic rings. The molecule has 1 unspecified atom stereocenters. The lowest BCUT2D eigenvalue weighted by Gasteiger charge is -2.24. The molecule has 0 amide bonds. The summed E-state index contributed by atoms with van der Waals surface area (Å²) in [5.41, 5.74) is 0.889. The topological polar surface area (TPSA) is 99.0 Å². The van der Waals surface area contributed by atoms with Crippen LogP contribution in [0.4, 0.5) is 0 Å². The minimum atomic E-state index is -1.40. The van der Waals surface area contributed by atoms with Crippen molar-refractivity contribution in [2.24, 2.45) is 0 Å². The van der Waals surface area contributed by atoms with E-state index in [2.05, 4.69) is 5.32 Å². The van der Waals surface area contributed by atoms with Crippen LogP contribution in [0.5, 0.6) is 0 Å². The van der Waals surface area contributed by atoms with E-state index in [-0.39, 0.29) is 30.2 Å². The zero-order valence-corrected chi connectivity index (χ0v) is 10.6. The highest BCUT2D eigenvalue weighted by molar-refractivity contribution is 5.88. The Balaban J connectivity index is 2.14. The predicted octanol–water partition coefficient (Wildman–Crippen LogP) is 0.340. The third-order valence-corrected chi connectivity index (χ3v) is 2.88. The zero-order valence-electron chi connectivity index (χ0n) is 10.6. The van der Waals surface area contributed by atoms with Crippen LogP contribution in [0.2, 0.25) is 0 Å². The number of ether oxygens (including phenoxy) is 1. The molecule has 6 nitrogen and oxygen atoms in total. The third kappa shape index (κ3) is 2.98. The lowest BCUT2D eigenvalue weighted by molar-refractivity contribution is -0.133. The molecule has 0 spiro atoms. The number of carboxylic acids is 1. The van der Waals surface area contributed by atoms with Gasteiger partial charge in [-0.2, -0.15) is 0 Å². The maximum Gasteiger partial charge on any atom is 0.336 e. The summed E-state index contributed by atoms with van der Waals surface area (Å²) in [4.78, 5) is 11.0. The van der Waals surface area contributed by atoms with E-state index < -0.39 is 12.1 Å². The second kappa shape index (κ2) is 6.23. The van der Waals surface area contributed by atoms with E-state index in [1.807, 2.05) is 30.3 Å². The highest BCUT2D eigenvalue weighted by atomic mass is 16.5. The lowest BCUT2D eigenvalue weighted by Crippen LogP contribution is -2.32. The van der Waals surface area contributed by atoms with Crippen LogP contribution in [-0.4, -0.2) is 34.0 Å². The van der Waals surface area contributed by atoms with Crippen LogP contribution in [0.25, 0.3) is 0 Å². The average molecular weight is 277 g/mol. The van der Waals surface area contributed by atoms with Crippen molar-refractivity contribution in [1.82, 2.24) is 5.32 Å². The van der Waals surface area contributed by atoms with Crippen LogP contribution in [-0.2, 0) is 16.1 Å². The van der Waals surface area contributed by atoms with Gasteiger partial charge in [-0.1, -0.05) is 30.3 Å². The molecule has 0 radical (unpaired) electrons. The quantitative estimate of drug-likeness (QED) is 0.619. The summed E-state index contributed by atoms with van der Waals surface area (Å²) in [5.74, 6) is -1.22. The third-order valence-electron chi connectivity index (χ3n) is 2.88. The van der Waals surface area contributed by atoms with Gasteiger partial charge in [-0.3, -0.25) is 0 Å². The zero-order chi connectivity index (χ0) is 14.5. The summed E-state index contributed by atoms with van der Waals surface area (Å²) in [6.07, 6.45) is -0.256. The van der Waals surface area contributed by atoms with Gasteiger partial charge < -0.3 is 25.4 Å². The molecular weight excluding hydrogens is 262 g/mol. The van der Waals surface area contributed by atoms with E-state index in [0.29, 0.717) is 0 Å². The second-order valence-corrected chi connectivity index (χ2v) is 4.23. The first-order chi connectivity index (χ1) is 9.63. The van der Waals surface area contributed by atoms with Crippen molar-refractivity contribution < 1.29 is 24.9 Å². The highest BCUT2D eigenvalue weighted by Gasteiger charge is 2.29. The Morgan fingerprint density at radius 3 is 2.60 bits per heavy atom. The summed E-state index contributed by atoms with van der Waals surface area (Å²) >= 11 is 0. The molecule has 1 aromatic carbocycles. The highest BCUT2D eigenvalue weighted by Crippen LogP contribution is 2.22. The van der Waals surface area contributed by atoms with Crippen molar-refractivity contribution in [3.8, 4) is 0 Å². The molecule has 1 aromatic rings. The summed E-state index contributed by atoms with van der Waals surface area (Å²) in [6.45, 7) is -0.212. The Morgan fingerprint density at radius 2 is 2.00 bits per heavy atom. The number of aliphatic hydroxyl groups is 2. The molecule has 0 fully saturated rings. The number of rotatable bonds is 5. The minimum absolute atomic E-state index is 0.0243. The number of benzene rings is 1. The first-order valence-electron chi connectivity index (χ1n) is 6.02. The van der Waals surface area contributed by atoms with Gasteiger partial charge in [-0.05, 0) is 5.56 Å². The smallest absolute Gasteiger partial charge is 0.336 e. The van der Waals surface area contributed by atoms with Crippen LogP contribution in [0.3, 0.4) is 0 Å². The van der Waals surface area contributed by atoms with E-state index in [0.717, 1.165) is 11.8 Å². The number of nitrogens with one attached hydrogen (secondary N) is 1. The van der Waals surface area contributed by atoms with E-state index in [4.69, 9.17) is 9.84 Å². The molecule has 1 heterocycles. The largest absolute Gasteiger partial charge is 0.488 e. The Bertz CT molecular complexity index is 550. The second-order valence-electron chi connectivity index (χ2n) is 4.23. The number of hydrogen-bond acceptors (Lipinski definition) is 5. The van der Waals surface area contributed by atoms with Gasteiger partial charge in [0.2, 0.25) is 0 Å². The van der Waals surface area contributed by atoms with Crippen LogP contribution in [0, 0.1) is 0 Å². The van der Waals surface area contributed by atoms with Gasteiger partial charge in [-0.25, -0.2) is 4.79 Å². The van der Waals surface area contributed by atoms with Crippen molar-refractivity contribution in [1.29, 1.82) is 0 Å². The fraction of sp³-hybridized carbons (Fsp3) is 0.214. The molecule has 1 atom stereocenters. The Kier molecular flexibility index (Phi) is 4.39. The molecule has 20 heavy (non-hydrogen) atoms. The van der Waals surface area contributed by atoms with Gasteiger partial charge in [0, 0.05) is 6.20 Å². The molecule has 0 saturated carbocycles. The van der Waals surface area contributed by atoms with E-state index in [1.54, 1.807) is 0 Å². The van der Waals surface area contributed by atoms with Crippen LogP contribution in [0.1, 0.15) is 5.56 Å². The molecule has 2 rings (SSSR count). The van der Waals surface area contributed by atoms with Crippen LogP contribution in [0.15, 0.2) is 53.6 Å². The van der Waals surface area contributed by atoms with Crippen molar-refractivity contribution in [2.75, 3.05) is 6.61 Å². The van der Waals surface area contributed by atoms with Gasteiger partial charge in [0.15, 0.2) is 5.76 Å². The number of aliphatic carboxylic acids is 1. The van der Waals surface area contributed by atoms with Crippen LogP contribution >= 0.6 is 0 Å². The maximum absolute atomic E-state index is 11.0. The number of dihydropyridines is 1. The van der Waals surface area contributed by atoms with E-state index >= 15 is 0 Å². The van der Waals surface area contributed by atoms with Gasteiger partial charge in [0.1, 0.15) is 12.7 Å². The Morgan fingerprint density at radius 1 is 1.30 bits per heavy atom. The van der Waals surface area contributed by atoms with Gasteiger partial charge in [0.05, 0.1) is 17.9 Å². The minimum Gasteiger partial charge on any atom is -0.488 e. The molecule has 4 N–H and O–H groups in total. The Hall–Kier alpha value is -2.31. The van der Waals surface area contributed by atoms with Crippen molar-refractivity contribution in [3.63, 3.8) is 0 Å². The predicted molar refractivity (Wildman–Crippen MR) is 70.2 cm³/mol. The summed E-state index contributed by atoms with van der Waals surface area (Å²) in [6, 6.07) is 9.24. The summed E-state index contributed by atoms with van der Waals surface area (Å²) in [5, 5.41) is 30.8. The normalized spacial score (nSPS) is 18.3. The van der Waals surface area contributed by atoms with Crippen molar-refractivity contribution in [3.05, 3.63) is 59.1 Å². The molecule has 6 heteroatoms. The lowest BCUT2D eigenvalue weighted by atomic mass is 10.1. The first kappa shape index (κ1) is 14.1. The monoisotopic (exact) mass is 277 g/mol. The number of hydrogen-bond donors (Lipinski definition) is 4. The number of carboxylic acid groups (broad SMARTS) is 1. The summed E-state index contributed by atoms with van der Waals surface area (Å²) < 4.78 is 5.47. The fourth-order valence-electron chi connectivity index (χ4n) is 1.82. The van der Waals surface area contributed by atoms with Gasteiger partial charge in [-0.15, -0.1) is 0 Å². The number of carbonyl (C=O) groups is 1. The maximum atomic E-state index is 11.0. The standard InChI is InChI=1S/C14H15NO5/c16-7-11-13(12(17)10(6-15-11)14(18)19)20-8-9-4-2-1-3-5-9/h1-6,12,15-17H,7-8H2,(H,18,19). The molecule has 0 saturated heterocycles. The van der Waals surface area contributed by atoms with Crippen molar-refractivity contribution >= 4 is 5.97 Å². The SMILES string of the molecule is O=C(O)C1=CNC(CO)=C(OCc2ccccc2)C1O. The number of aliphatic hydroxyl groups excluding tert-OH is 2. The summed E-state index contributed by atoms with van der Waals surface area (Å²) in [7, 11) is 0. The molecule has 0 bridgehead atoms. The Labute approximate surface area is 115 Å². The molecule has 106 valence electrons. The fourth-order valence-corrected chi connectivity index (χ4v) is 1.82. The molecular formula is C14H15NO5. The molecule has 1 aliphatic heterocycles. The van der Waals surface area contributed by atoms with Crippen molar-refractivity contribution in [2.45, 2.75) is 12.7 Å². The van der Waals surface area contributed by atoms with E-state index in [1.165, 1.54) is 0 Å². The average Bonchev–Trinajstić information content (AvgIpc) is 2.46. The molecule has 0 aliphatic carbocycles. The molecule has 0 aromatic heterocycles. The van der Waals surface area contributed by atoms with Gasteiger partial charge in [0.25, 0.3) is 0 Å². The van der Waals surface area contributed by atoms with Crippen LogP contribution < -0.4 is 5.32 Å². The van der Waals surface area contributed by atoms with E-state index in [9.17, 15) is 15.0 Å².